The van der Waals surface area contributed by atoms with E-state index in [0.717, 1.165) is 23.2 Å². The Balaban J connectivity index is 2.03. The van der Waals surface area contributed by atoms with Crippen LogP contribution in [0.5, 0.6) is 0 Å². The first kappa shape index (κ1) is 16.1. The van der Waals surface area contributed by atoms with E-state index >= 15 is 0 Å². The van der Waals surface area contributed by atoms with Gasteiger partial charge in [-0.05, 0) is 49.7 Å². The highest BCUT2D eigenvalue weighted by molar-refractivity contribution is 9.10. The van der Waals surface area contributed by atoms with Crippen LogP contribution in [0.2, 0.25) is 0 Å². The second-order valence-corrected chi connectivity index (χ2v) is 7.15. The van der Waals surface area contributed by atoms with Gasteiger partial charge in [-0.1, -0.05) is 0 Å². The third-order valence-electron chi connectivity index (χ3n) is 3.35. The number of hydrogen-bond acceptors (Lipinski definition) is 4. The number of halogens is 1. The van der Waals surface area contributed by atoms with Crippen LogP contribution in [0.3, 0.4) is 0 Å². The van der Waals surface area contributed by atoms with Crippen molar-refractivity contribution in [2.45, 2.75) is 39.3 Å². The first-order valence-electron chi connectivity index (χ1n) is 7.12. The molecular weight excluding hydrogens is 334 g/mol. The van der Waals surface area contributed by atoms with Gasteiger partial charge in [0.15, 0.2) is 0 Å². The van der Waals surface area contributed by atoms with E-state index in [4.69, 9.17) is 4.74 Å². The second-order valence-electron chi connectivity index (χ2n) is 6.30. The average Bonchev–Trinajstić information content (AvgIpc) is 2.37. The molecule has 1 saturated heterocycles. The Bertz CT molecular complexity index is 516. The highest BCUT2D eigenvalue weighted by Gasteiger charge is 2.31. The molecule has 0 N–H and O–H groups in total. The van der Waals surface area contributed by atoms with Gasteiger partial charge in [0.2, 0.25) is 0 Å². The van der Waals surface area contributed by atoms with E-state index in [1.165, 1.54) is 0 Å². The molecule has 1 fully saturated rings. The van der Waals surface area contributed by atoms with E-state index in [9.17, 15) is 4.79 Å². The fraction of sp³-hybridized carbons (Fsp3) is 0.600. The topological polar surface area (TPSA) is 45.7 Å². The fourth-order valence-corrected chi connectivity index (χ4v) is 2.89. The van der Waals surface area contributed by atoms with E-state index in [1.807, 2.05) is 33.8 Å². The fourth-order valence-electron chi connectivity index (χ4n) is 2.39. The van der Waals surface area contributed by atoms with Crippen LogP contribution in [0.4, 0.5) is 10.5 Å². The van der Waals surface area contributed by atoms with Gasteiger partial charge in [0.1, 0.15) is 5.60 Å². The largest absolute Gasteiger partial charge is 0.444 e. The van der Waals surface area contributed by atoms with Crippen molar-refractivity contribution in [3.63, 3.8) is 0 Å². The van der Waals surface area contributed by atoms with E-state index < -0.39 is 5.60 Å². The number of anilines is 1. The summed E-state index contributed by atoms with van der Waals surface area (Å²) in [6.45, 7) is 9.93. The van der Waals surface area contributed by atoms with Gasteiger partial charge in [0.05, 0.1) is 10.2 Å². The maximum Gasteiger partial charge on any atom is 0.410 e. The zero-order valence-corrected chi connectivity index (χ0v) is 14.6. The predicted molar refractivity (Wildman–Crippen MR) is 86.6 cm³/mol. The Labute approximate surface area is 134 Å². The molecule has 1 atom stereocenters. The van der Waals surface area contributed by atoms with Crippen LogP contribution in [-0.4, -0.2) is 47.3 Å². The minimum Gasteiger partial charge on any atom is -0.444 e. The molecule has 1 amide bonds. The number of pyridine rings is 1. The number of hydrogen-bond donors (Lipinski definition) is 0. The molecule has 5 nitrogen and oxygen atoms in total. The molecule has 1 aromatic rings. The summed E-state index contributed by atoms with van der Waals surface area (Å²) < 4.78 is 6.44. The zero-order chi connectivity index (χ0) is 15.6. The number of carbonyl (C=O) groups is 1. The van der Waals surface area contributed by atoms with Crippen molar-refractivity contribution in [1.29, 1.82) is 0 Å². The van der Waals surface area contributed by atoms with Crippen LogP contribution in [0.25, 0.3) is 0 Å². The van der Waals surface area contributed by atoms with Crippen molar-refractivity contribution < 1.29 is 9.53 Å². The summed E-state index contributed by atoms with van der Waals surface area (Å²) in [5.74, 6) is 0. The molecule has 2 rings (SSSR count). The summed E-state index contributed by atoms with van der Waals surface area (Å²) >= 11 is 3.53. The van der Waals surface area contributed by atoms with E-state index in [-0.39, 0.29) is 12.1 Å². The Morgan fingerprint density at radius 1 is 1.43 bits per heavy atom. The molecule has 2 heterocycles. The number of rotatable bonds is 1. The van der Waals surface area contributed by atoms with Crippen LogP contribution >= 0.6 is 15.9 Å². The monoisotopic (exact) mass is 355 g/mol. The third kappa shape index (κ3) is 4.09. The average molecular weight is 356 g/mol. The summed E-state index contributed by atoms with van der Waals surface area (Å²) in [5, 5.41) is 0. The highest BCUT2D eigenvalue weighted by Crippen LogP contribution is 2.27. The molecule has 6 heteroatoms. The number of ether oxygens (including phenoxy) is 1. The van der Waals surface area contributed by atoms with Crippen molar-refractivity contribution >= 4 is 27.7 Å². The molecule has 0 unspecified atom stereocenters. The molecule has 0 saturated carbocycles. The van der Waals surface area contributed by atoms with Crippen molar-refractivity contribution in [3.8, 4) is 0 Å². The van der Waals surface area contributed by atoms with Gasteiger partial charge in [-0.2, -0.15) is 0 Å². The lowest BCUT2D eigenvalue weighted by atomic mass is 10.1. The highest BCUT2D eigenvalue weighted by atomic mass is 79.9. The predicted octanol–water partition coefficient (Wildman–Crippen LogP) is 3.29. The number of nitrogens with zero attached hydrogens (tertiary/aromatic N) is 3. The molecule has 0 aromatic carbocycles. The minimum absolute atomic E-state index is 0.105. The van der Waals surface area contributed by atoms with E-state index in [1.54, 1.807) is 17.3 Å². The molecule has 0 bridgehead atoms. The van der Waals surface area contributed by atoms with Crippen molar-refractivity contribution in [2.75, 3.05) is 24.5 Å². The standard InChI is InChI=1S/C15H22BrN3O2/c1-11-10-18(13-5-6-17-9-12(13)16)7-8-19(11)14(20)21-15(2,3)4/h5-6,9,11H,7-8,10H2,1-4H3/t11-/m1/s1. The molecule has 0 radical (unpaired) electrons. The van der Waals surface area contributed by atoms with Crippen LogP contribution in [0.15, 0.2) is 22.9 Å². The van der Waals surface area contributed by atoms with Crippen molar-refractivity contribution in [3.05, 3.63) is 22.9 Å². The molecule has 1 aliphatic heterocycles. The van der Waals surface area contributed by atoms with Gasteiger partial charge < -0.3 is 14.5 Å². The molecule has 0 aliphatic carbocycles. The van der Waals surface area contributed by atoms with E-state index in [0.29, 0.717) is 6.54 Å². The van der Waals surface area contributed by atoms with Gasteiger partial charge in [0.25, 0.3) is 0 Å². The maximum atomic E-state index is 12.2. The maximum absolute atomic E-state index is 12.2. The van der Waals surface area contributed by atoms with Crippen LogP contribution < -0.4 is 4.90 Å². The lowest BCUT2D eigenvalue weighted by molar-refractivity contribution is 0.0159. The zero-order valence-electron chi connectivity index (χ0n) is 13.0. The Kier molecular flexibility index (Phi) is 4.76. The second kappa shape index (κ2) is 6.22. The quantitative estimate of drug-likeness (QED) is 0.775. The SMILES string of the molecule is C[C@@H]1CN(c2ccncc2Br)CCN1C(=O)OC(C)(C)C. The van der Waals surface area contributed by atoms with Crippen LogP contribution in [0.1, 0.15) is 27.7 Å². The number of piperazine rings is 1. The minimum atomic E-state index is -0.456. The summed E-state index contributed by atoms with van der Waals surface area (Å²) in [6, 6.07) is 2.09. The van der Waals surface area contributed by atoms with Gasteiger partial charge in [-0.3, -0.25) is 4.98 Å². The third-order valence-corrected chi connectivity index (χ3v) is 3.96. The number of amides is 1. The van der Waals surface area contributed by atoms with Crippen molar-refractivity contribution in [1.82, 2.24) is 9.88 Å². The van der Waals surface area contributed by atoms with Gasteiger partial charge in [0, 0.05) is 38.1 Å². The molecule has 21 heavy (non-hydrogen) atoms. The molecule has 1 aromatic heterocycles. The summed E-state index contributed by atoms with van der Waals surface area (Å²) in [5.41, 5.74) is 0.655. The molecule has 1 aliphatic rings. The normalized spacial score (nSPS) is 19.6. The van der Waals surface area contributed by atoms with Crippen molar-refractivity contribution in [2.24, 2.45) is 0 Å². The summed E-state index contributed by atoms with van der Waals surface area (Å²) in [6.07, 6.45) is 3.34. The molecule has 0 spiro atoms. The summed E-state index contributed by atoms with van der Waals surface area (Å²) in [4.78, 5) is 20.3. The van der Waals surface area contributed by atoms with Gasteiger partial charge in [-0.25, -0.2) is 4.79 Å². The van der Waals surface area contributed by atoms with Crippen LogP contribution in [-0.2, 0) is 4.74 Å². The molecule has 116 valence electrons. The lowest BCUT2D eigenvalue weighted by Crippen LogP contribution is -2.55. The van der Waals surface area contributed by atoms with Gasteiger partial charge >= 0.3 is 6.09 Å². The van der Waals surface area contributed by atoms with E-state index in [2.05, 4.69) is 25.8 Å². The first-order valence-corrected chi connectivity index (χ1v) is 7.91. The smallest absolute Gasteiger partial charge is 0.410 e. The lowest BCUT2D eigenvalue weighted by Gasteiger charge is -2.41. The number of aromatic nitrogens is 1. The van der Waals surface area contributed by atoms with Gasteiger partial charge in [-0.15, -0.1) is 0 Å². The Morgan fingerprint density at radius 2 is 2.14 bits per heavy atom. The first-order chi connectivity index (χ1) is 9.78. The Morgan fingerprint density at radius 3 is 2.71 bits per heavy atom. The molecular formula is C15H22BrN3O2. The summed E-state index contributed by atoms with van der Waals surface area (Å²) in [7, 11) is 0. The Hall–Kier alpha value is -1.30. The number of carbonyl (C=O) groups excluding carboxylic acids is 1. The van der Waals surface area contributed by atoms with Crippen LogP contribution in [0, 0.1) is 0 Å².